The summed E-state index contributed by atoms with van der Waals surface area (Å²) in [4.78, 5) is 2.64. The van der Waals surface area contributed by atoms with Gasteiger partial charge in [-0.3, -0.25) is 0 Å². The number of nitrogens with one attached hydrogen (secondary N) is 1. The van der Waals surface area contributed by atoms with Gasteiger partial charge in [0.25, 0.3) is 0 Å². The highest BCUT2D eigenvalue weighted by Gasteiger charge is 2.01. The molecular weight excluding hydrogens is 254 g/mol. The van der Waals surface area contributed by atoms with E-state index in [0.29, 0.717) is 6.61 Å². The Morgan fingerprint density at radius 2 is 1.95 bits per heavy atom. The van der Waals surface area contributed by atoms with Gasteiger partial charge in [0, 0.05) is 16.3 Å². The Hall–Kier alpha value is -1.32. The fourth-order valence-corrected chi connectivity index (χ4v) is 2.75. The second-order valence-electron chi connectivity index (χ2n) is 4.44. The van der Waals surface area contributed by atoms with Crippen LogP contribution in [0.1, 0.15) is 29.2 Å². The van der Waals surface area contributed by atoms with Crippen LogP contribution in [0.15, 0.2) is 36.4 Å². The average Bonchev–Trinajstić information content (AvgIpc) is 2.91. The number of hydrogen-bond acceptors (Lipinski definition) is 3. The van der Waals surface area contributed by atoms with Crippen LogP contribution >= 0.6 is 11.3 Å². The van der Waals surface area contributed by atoms with Gasteiger partial charge in [0.15, 0.2) is 0 Å². The van der Waals surface area contributed by atoms with E-state index in [-0.39, 0.29) is 0 Å². The van der Waals surface area contributed by atoms with Crippen molar-refractivity contribution in [1.82, 2.24) is 5.32 Å². The maximum Gasteiger partial charge on any atom is 0.122 e. The van der Waals surface area contributed by atoms with E-state index in [1.807, 2.05) is 17.4 Å². The van der Waals surface area contributed by atoms with Crippen LogP contribution in [-0.2, 0) is 19.6 Å². The van der Waals surface area contributed by atoms with Gasteiger partial charge in [-0.1, -0.05) is 26.0 Å². The molecule has 3 heteroatoms. The van der Waals surface area contributed by atoms with Gasteiger partial charge < -0.3 is 10.1 Å². The first kappa shape index (κ1) is 14.1. The number of hydrogen-bond donors (Lipinski definition) is 1. The van der Waals surface area contributed by atoms with Crippen molar-refractivity contribution in [3.8, 4) is 5.75 Å². The minimum Gasteiger partial charge on any atom is -0.488 e. The van der Waals surface area contributed by atoms with Gasteiger partial charge in [-0.15, -0.1) is 11.3 Å². The molecule has 19 heavy (non-hydrogen) atoms. The number of aryl methyl sites for hydroxylation is 1. The molecule has 2 nitrogen and oxygen atoms in total. The standard InChI is InChI=1S/C16H21NOS/c1-3-13-6-5-7-14(10-13)18-12-16-9-8-15(19-16)11-17-4-2/h5-10,17H,3-4,11-12H2,1-2H3. The molecule has 2 rings (SSSR count). The van der Waals surface area contributed by atoms with Gasteiger partial charge in [-0.2, -0.15) is 0 Å². The first-order valence-corrected chi connectivity index (χ1v) is 7.63. The summed E-state index contributed by atoms with van der Waals surface area (Å²) in [7, 11) is 0. The quantitative estimate of drug-likeness (QED) is 0.824. The number of rotatable bonds is 7. The zero-order valence-electron chi connectivity index (χ0n) is 11.6. The summed E-state index contributed by atoms with van der Waals surface area (Å²) in [5, 5.41) is 3.34. The summed E-state index contributed by atoms with van der Waals surface area (Å²) in [5.74, 6) is 0.959. The van der Waals surface area contributed by atoms with Crippen LogP contribution in [0.5, 0.6) is 5.75 Å². The summed E-state index contributed by atoms with van der Waals surface area (Å²) >= 11 is 1.81. The van der Waals surface area contributed by atoms with Crippen LogP contribution in [0.2, 0.25) is 0 Å². The van der Waals surface area contributed by atoms with Crippen LogP contribution in [0.3, 0.4) is 0 Å². The Bertz CT molecular complexity index is 507. The molecular formula is C16H21NOS. The van der Waals surface area contributed by atoms with E-state index in [9.17, 15) is 0 Å². The third-order valence-electron chi connectivity index (χ3n) is 2.95. The summed E-state index contributed by atoms with van der Waals surface area (Å²) in [6, 6.07) is 12.7. The molecule has 2 aromatic rings. The fourth-order valence-electron chi connectivity index (χ4n) is 1.85. The van der Waals surface area contributed by atoms with Crippen LogP contribution in [0, 0.1) is 0 Å². The first-order valence-electron chi connectivity index (χ1n) is 6.82. The van der Waals surface area contributed by atoms with Gasteiger partial charge >= 0.3 is 0 Å². The molecule has 0 amide bonds. The van der Waals surface area contributed by atoms with Crippen molar-refractivity contribution in [3.05, 3.63) is 51.7 Å². The van der Waals surface area contributed by atoms with E-state index in [1.54, 1.807) is 0 Å². The molecule has 102 valence electrons. The summed E-state index contributed by atoms with van der Waals surface area (Å²) in [5.41, 5.74) is 1.32. The average molecular weight is 275 g/mol. The van der Waals surface area contributed by atoms with Crippen LogP contribution in [-0.4, -0.2) is 6.54 Å². The fraction of sp³-hybridized carbons (Fsp3) is 0.375. The third-order valence-corrected chi connectivity index (χ3v) is 4.01. The highest BCUT2D eigenvalue weighted by molar-refractivity contribution is 7.11. The van der Waals surface area contributed by atoms with Gasteiger partial charge in [-0.25, -0.2) is 0 Å². The van der Waals surface area contributed by atoms with E-state index in [2.05, 4.69) is 49.5 Å². The summed E-state index contributed by atoms with van der Waals surface area (Å²) < 4.78 is 5.84. The van der Waals surface area contributed by atoms with Crippen molar-refractivity contribution in [2.24, 2.45) is 0 Å². The lowest BCUT2D eigenvalue weighted by Crippen LogP contribution is -2.10. The molecule has 0 radical (unpaired) electrons. The van der Waals surface area contributed by atoms with E-state index in [1.165, 1.54) is 15.3 Å². The van der Waals surface area contributed by atoms with E-state index >= 15 is 0 Å². The second kappa shape index (κ2) is 7.31. The first-order chi connectivity index (χ1) is 9.31. The minimum absolute atomic E-state index is 0.657. The topological polar surface area (TPSA) is 21.3 Å². The molecule has 0 aliphatic rings. The van der Waals surface area contributed by atoms with Crippen molar-refractivity contribution in [3.63, 3.8) is 0 Å². The van der Waals surface area contributed by atoms with Gasteiger partial charge in [0.2, 0.25) is 0 Å². The van der Waals surface area contributed by atoms with Crippen molar-refractivity contribution in [1.29, 1.82) is 0 Å². The van der Waals surface area contributed by atoms with Crippen molar-refractivity contribution in [2.45, 2.75) is 33.4 Å². The molecule has 0 saturated carbocycles. The molecule has 1 heterocycles. The highest BCUT2D eigenvalue weighted by Crippen LogP contribution is 2.20. The monoisotopic (exact) mass is 275 g/mol. The molecule has 1 N–H and O–H groups in total. The predicted octanol–water partition coefficient (Wildman–Crippen LogP) is 4.00. The Labute approximate surface area is 119 Å². The third kappa shape index (κ3) is 4.37. The molecule has 0 unspecified atom stereocenters. The molecule has 1 aromatic carbocycles. The molecule has 0 aliphatic carbocycles. The number of thiophene rings is 1. The van der Waals surface area contributed by atoms with E-state index < -0.39 is 0 Å². The largest absolute Gasteiger partial charge is 0.488 e. The van der Waals surface area contributed by atoms with Gasteiger partial charge in [0.1, 0.15) is 12.4 Å². The van der Waals surface area contributed by atoms with E-state index in [0.717, 1.165) is 25.3 Å². The van der Waals surface area contributed by atoms with Crippen LogP contribution < -0.4 is 10.1 Å². The number of benzene rings is 1. The maximum absolute atomic E-state index is 5.84. The van der Waals surface area contributed by atoms with Gasteiger partial charge in [0.05, 0.1) is 0 Å². The lowest BCUT2D eigenvalue weighted by molar-refractivity contribution is 0.309. The Kier molecular flexibility index (Phi) is 5.43. The van der Waals surface area contributed by atoms with Crippen LogP contribution in [0.25, 0.3) is 0 Å². The molecule has 1 aromatic heterocycles. The lowest BCUT2D eigenvalue weighted by atomic mass is 10.2. The van der Waals surface area contributed by atoms with Crippen LogP contribution in [0.4, 0.5) is 0 Å². The smallest absolute Gasteiger partial charge is 0.122 e. The zero-order chi connectivity index (χ0) is 13.5. The Balaban J connectivity index is 1.89. The predicted molar refractivity (Wildman–Crippen MR) is 81.9 cm³/mol. The molecule has 0 atom stereocenters. The Morgan fingerprint density at radius 1 is 1.11 bits per heavy atom. The molecule has 0 aliphatic heterocycles. The molecule has 0 saturated heterocycles. The van der Waals surface area contributed by atoms with Crippen molar-refractivity contribution >= 4 is 11.3 Å². The SMILES string of the molecule is CCNCc1ccc(COc2cccc(CC)c2)s1. The van der Waals surface area contributed by atoms with E-state index in [4.69, 9.17) is 4.74 Å². The number of ether oxygens (including phenoxy) is 1. The normalized spacial score (nSPS) is 10.6. The lowest BCUT2D eigenvalue weighted by Gasteiger charge is -2.06. The summed E-state index contributed by atoms with van der Waals surface area (Å²) in [6.45, 7) is 6.90. The van der Waals surface area contributed by atoms with Crippen molar-refractivity contribution < 1.29 is 4.74 Å². The Morgan fingerprint density at radius 3 is 2.74 bits per heavy atom. The second-order valence-corrected chi connectivity index (χ2v) is 5.69. The minimum atomic E-state index is 0.657. The van der Waals surface area contributed by atoms with Gasteiger partial charge in [-0.05, 0) is 42.8 Å². The summed E-state index contributed by atoms with van der Waals surface area (Å²) in [6.07, 6.45) is 1.04. The molecule has 0 bridgehead atoms. The molecule has 0 fully saturated rings. The zero-order valence-corrected chi connectivity index (χ0v) is 12.4. The molecule has 0 spiro atoms. The maximum atomic E-state index is 5.84. The van der Waals surface area contributed by atoms with Crippen molar-refractivity contribution in [2.75, 3.05) is 6.54 Å². The highest BCUT2D eigenvalue weighted by atomic mass is 32.1.